The minimum absolute atomic E-state index is 0.0819. The standard InChI is InChI=1S/C23H39NO2/c1-18(2)6-4-7-19(3)26-22-12-10-20(11-13-22)14-15-23(24,17-25)16-21-8-5-9-21/h10-13,18-19,21,25H,4-9,14-17,24H2,1-3H3. The van der Waals surface area contributed by atoms with E-state index in [2.05, 4.69) is 45.0 Å². The van der Waals surface area contributed by atoms with Crippen LogP contribution in [0.4, 0.5) is 0 Å². The summed E-state index contributed by atoms with van der Waals surface area (Å²) in [7, 11) is 0. The van der Waals surface area contributed by atoms with E-state index in [4.69, 9.17) is 10.5 Å². The Morgan fingerprint density at radius 2 is 1.85 bits per heavy atom. The fraction of sp³-hybridized carbons (Fsp3) is 0.739. The highest BCUT2D eigenvalue weighted by Crippen LogP contribution is 2.34. The van der Waals surface area contributed by atoms with Crippen LogP contribution >= 0.6 is 0 Å². The van der Waals surface area contributed by atoms with Crippen LogP contribution in [0.2, 0.25) is 0 Å². The van der Waals surface area contributed by atoms with Crippen LogP contribution in [-0.4, -0.2) is 23.4 Å². The van der Waals surface area contributed by atoms with Gasteiger partial charge >= 0.3 is 0 Å². The fourth-order valence-electron chi connectivity index (χ4n) is 3.75. The molecule has 1 aromatic rings. The zero-order valence-electron chi connectivity index (χ0n) is 17.0. The van der Waals surface area contributed by atoms with Crippen molar-refractivity contribution in [2.24, 2.45) is 17.6 Å². The molecule has 148 valence electrons. The van der Waals surface area contributed by atoms with Crippen LogP contribution in [0.25, 0.3) is 0 Å². The number of hydrogen-bond donors (Lipinski definition) is 2. The van der Waals surface area contributed by atoms with Crippen LogP contribution in [0, 0.1) is 11.8 Å². The number of nitrogens with two attached hydrogens (primary N) is 1. The van der Waals surface area contributed by atoms with E-state index in [0.717, 1.165) is 43.3 Å². The topological polar surface area (TPSA) is 55.5 Å². The lowest BCUT2D eigenvalue weighted by Gasteiger charge is -2.35. The molecule has 1 aliphatic rings. The average molecular weight is 362 g/mol. The van der Waals surface area contributed by atoms with E-state index < -0.39 is 5.54 Å². The quantitative estimate of drug-likeness (QED) is 0.545. The third-order valence-electron chi connectivity index (χ3n) is 5.80. The lowest BCUT2D eigenvalue weighted by molar-refractivity contribution is 0.135. The van der Waals surface area contributed by atoms with Gasteiger partial charge in [-0.15, -0.1) is 0 Å². The summed E-state index contributed by atoms with van der Waals surface area (Å²) in [5.74, 6) is 2.43. The maximum atomic E-state index is 9.74. The molecule has 0 radical (unpaired) electrons. The first-order chi connectivity index (χ1) is 12.4. The number of ether oxygens (including phenoxy) is 1. The largest absolute Gasteiger partial charge is 0.491 e. The third-order valence-corrected chi connectivity index (χ3v) is 5.80. The van der Waals surface area contributed by atoms with Crippen molar-refractivity contribution in [3.63, 3.8) is 0 Å². The monoisotopic (exact) mass is 361 g/mol. The molecule has 0 amide bonds. The Kier molecular flexibility index (Phi) is 8.43. The van der Waals surface area contributed by atoms with Gasteiger partial charge in [-0.25, -0.2) is 0 Å². The molecule has 0 aromatic heterocycles. The highest BCUT2D eigenvalue weighted by atomic mass is 16.5. The second-order valence-corrected chi connectivity index (χ2v) is 8.92. The molecule has 1 saturated carbocycles. The number of aryl methyl sites for hydroxylation is 1. The highest BCUT2D eigenvalue weighted by Gasteiger charge is 2.30. The van der Waals surface area contributed by atoms with Crippen LogP contribution in [0.1, 0.15) is 77.7 Å². The summed E-state index contributed by atoms with van der Waals surface area (Å²) >= 11 is 0. The van der Waals surface area contributed by atoms with Gasteiger partial charge in [0, 0.05) is 5.54 Å². The normalized spacial score (nSPS) is 18.4. The molecule has 3 heteroatoms. The molecule has 2 rings (SSSR count). The maximum Gasteiger partial charge on any atom is 0.119 e. The van der Waals surface area contributed by atoms with Gasteiger partial charge < -0.3 is 15.6 Å². The Balaban J connectivity index is 1.75. The van der Waals surface area contributed by atoms with E-state index in [0.29, 0.717) is 0 Å². The summed E-state index contributed by atoms with van der Waals surface area (Å²) in [6.07, 6.45) is 10.4. The van der Waals surface area contributed by atoms with Crippen molar-refractivity contribution in [3.05, 3.63) is 29.8 Å². The van der Waals surface area contributed by atoms with Gasteiger partial charge in [-0.2, -0.15) is 0 Å². The molecular weight excluding hydrogens is 322 g/mol. The van der Waals surface area contributed by atoms with Crippen molar-refractivity contribution < 1.29 is 9.84 Å². The van der Waals surface area contributed by atoms with Crippen LogP contribution in [0.15, 0.2) is 24.3 Å². The Labute approximate surface area is 160 Å². The number of aliphatic hydroxyl groups excluding tert-OH is 1. The van der Waals surface area contributed by atoms with Crippen molar-refractivity contribution in [1.82, 2.24) is 0 Å². The van der Waals surface area contributed by atoms with E-state index in [9.17, 15) is 5.11 Å². The molecular formula is C23H39NO2. The smallest absolute Gasteiger partial charge is 0.119 e. The zero-order valence-corrected chi connectivity index (χ0v) is 17.0. The van der Waals surface area contributed by atoms with E-state index in [1.54, 1.807) is 0 Å². The molecule has 0 bridgehead atoms. The second-order valence-electron chi connectivity index (χ2n) is 8.92. The van der Waals surface area contributed by atoms with Gasteiger partial charge in [0.15, 0.2) is 0 Å². The number of hydrogen-bond acceptors (Lipinski definition) is 3. The summed E-state index contributed by atoms with van der Waals surface area (Å²) < 4.78 is 6.03. The SMILES string of the molecule is CC(C)CCCC(C)Oc1ccc(CCC(N)(CO)CC2CCC2)cc1. The zero-order chi connectivity index (χ0) is 19.0. The van der Waals surface area contributed by atoms with E-state index in [1.165, 1.54) is 37.7 Å². The van der Waals surface area contributed by atoms with Crippen molar-refractivity contribution in [1.29, 1.82) is 0 Å². The van der Waals surface area contributed by atoms with Gasteiger partial charge in [0.1, 0.15) is 5.75 Å². The van der Waals surface area contributed by atoms with Crippen LogP contribution in [0.5, 0.6) is 5.75 Å². The first kappa shape index (κ1) is 21.2. The lowest BCUT2D eigenvalue weighted by Crippen LogP contribution is -2.46. The molecule has 2 atom stereocenters. The second kappa shape index (κ2) is 10.3. The number of benzene rings is 1. The Morgan fingerprint density at radius 3 is 2.38 bits per heavy atom. The summed E-state index contributed by atoms with van der Waals surface area (Å²) in [5, 5.41) is 9.74. The summed E-state index contributed by atoms with van der Waals surface area (Å²) in [6.45, 7) is 6.77. The number of aliphatic hydroxyl groups is 1. The fourth-order valence-corrected chi connectivity index (χ4v) is 3.75. The third kappa shape index (κ3) is 7.28. The maximum absolute atomic E-state index is 9.74. The van der Waals surface area contributed by atoms with Crippen molar-refractivity contribution in [2.75, 3.05) is 6.61 Å². The molecule has 0 heterocycles. The summed E-state index contributed by atoms with van der Waals surface area (Å²) in [4.78, 5) is 0. The Morgan fingerprint density at radius 1 is 1.15 bits per heavy atom. The minimum Gasteiger partial charge on any atom is -0.491 e. The van der Waals surface area contributed by atoms with Gasteiger partial charge in [-0.3, -0.25) is 0 Å². The van der Waals surface area contributed by atoms with E-state index in [1.807, 2.05) is 0 Å². The lowest BCUT2D eigenvalue weighted by atomic mass is 9.75. The molecule has 1 aromatic carbocycles. The predicted octanol–water partition coefficient (Wildman–Crippen LogP) is 5.09. The summed E-state index contributed by atoms with van der Waals surface area (Å²) in [6, 6.07) is 8.41. The predicted molar refractivity (Wildman–Crippen MR) is 110 cm³/mol. The number of rotatable bonds is 12. The van der Waals surface area contributed by atoms with Gasteiger partial charge in [-0.05, 0) is 68.6 Å². The van der Waals surface area contributed by atoms with Gasteiger partial charge in [0.25, 0.3) is 0 Å². The van der Waals surface area contributed by atoms with Crippen molar-refractivity contribution in [2.45, 2.75) is 90.2 Å². The first-order valence-corrected chi connectivity index (χ1v) is 10.6. The van der Waals surface area contributed by atoms with Gasteiger partial charge in [0.2, 0.25) is 0 Å². The minimum atomic E-state index is -0.425. The highest BCUT2D eigenvalue weighted by molar-refractivity contribution is 5.27. The average Bonchev–Trinajstić information content (AvgIpc) is 2.57. The molecule has 3 nitrogen and oxygen atoms in total. The van der Waals surface area contributed by atoms with E-state index in [-0.39, 0.29) is 12.7 Å². The van der Waals surface area contributed by atoms with Crippen molar-refractivity contribution in [3.8, 4) is 5.75 Å². The Hall–Kier alpha value is -1.06. The van der Waals surface area contributed by atoms with Crippen molar-refractivity contribution >= 4 is 0 Å². The molecule has 0 saturated heterocycles. The van der Waals surface area contributed by atoms with Crippen LogP contribution in [0.3, 0.4) is 0 Å². The van der Waals surface area contributed by atoms with Crippen LogP contribution < -0.4 is 10.5 Å². The van der Waals surface area contributed by atoms with E-state index >= 15 is 0 Å². The molecule has 2 unspecified atom stereocenters. The molecule has 1 fully saturated rings. The molecule has 1 aliphatic carbocycles. The molecule has 0 aliphatic heterocycles. The van der Waals surface area contributed by atoms with Gasteiger partial charge in [-0.1, -0.05) is 51.7 Å². The first-order valence-electron chi connectivity index (χ1n) is 10.6. The van der Waals surface area contributed by atoms with Crippen LogP contribution in [-0.2, 0) is 6.42 Å². The van der Waals surface area contributed by atoms with Gasteiger partial charge in [0.05, 0.1) is 12.7 Å². The summed E-state index contributed by atoms with van der Waals surface area (Å²) in [5.41, 5.74) is 7.28. The Bertz CT molecular complexity index is 509. The molecule has 3 N–H and O–H groups in total. The molecule has 26 heavy (non-hydrogen) atoms. The molecule has 0 spiro atoms.